The molecule has 0 fully saturated rings. The van der Waals surface area contributed by atoms with Crippen LogP contribution in [0.15, 0.2) is 60.8 Å². The Hall–Kier alpha value is -1.80. The Morgan fingerprint density at radius 1 is 0.548 bits per heavy atom. The molecular weight excluding hydrogens is 792 g/mol. The van der Waals surface area contributed by atoms with E-state index in [1.54, 1.807) is 6.08 Å². The van der Waals surface area contributed by atoms with Crippen molar-refractivity contribution in [1.82, 2.24) is 5.32 Å². The largest absolute Gasteiger partial charge is 0.472 e. The van der Waals surface area contributed by atoms with Crippen LogP contribution in [0.1, 0.15) is 219 Å². The number of likely N-dealkylation sites (N-methyl/N-ethyl adjacent to an activating group) is 1. The number of carbonyl (C=O) groups is 1. The van der Waals surface area contributed by atoms with Gasteiger partial charge in [-0.05, 0) is 70.6 Å². The fourth-order valence-electron chi connectivity index (χ4n) is 7.11. The minimum atomic E-state index is -4.35. The van der Waals surface area contributed by atoms with Crippen molar-refractivity contribution in [2.75, 3.05) is 40.9 Å². The Labute approximate surface area is 383 Å². The van der Waals surface area contributed by atoms with Gasteiger partial charge in [0.1, 0.15) is 13.2 Å². The summed E-state index contributed by atoms with van der Waals surface area (Å²) >= 11 is 0. The molecule has 0 aromatic carbocycles. The lowest BCUT2D eigenvalue weighted by Crippen LogP contribution is -2.45. The molecule has 0 aromatic rings. The molecule has 3 atom stereocenters. The van der Waals surface area contributed by atoms with Gasteiger partial charge in [-0.15, -0.1) is 0 Å². The van der Waals surface area contributed by atoms with E-state index in [4.69, 9.17) is 9.05 Å². The quantitative estimate of drug-likeness (QED) is 0.0243. The van der Waals surface area contributed by atoms with Gasteiger partial charge in [0.15, 0.2) is 0 Å². The van der Waals surface area contributed by atoms with E-state index in [0.29, 0.717) is 17.4 Å². The van der Waals surface area contributed by atoms with E-state index in [1.165, 1.54) is 141 Å². The zero-order valence-corrected chi connectivity index (χ0v) is 42.0. The van der Waals surface area contributed by atoms with E-state index in [1.807, 2.05) is 27.2 Å². The van der Waals surface area contributed by atoms with Crippen molar-refractivity contribution in [2.45, 2.75) is 231 Å². The Morgan fingerprint density at radius 2 is 0.968 bits per heavy atom. The maximum Gasteiger partial charge on any atom is 0.472 e. The second kappa shape index (κ2) is 44.4. The third-order valence-electron chi connectivity index (χ3n) is 11.2. The second-order valence-corrected chi connectivity index (χ2v) is 20.0. The molecule has 0 saturated heterocycles. The van der Waals surface area contributed by atoms with Gasteiger partial charge in [-0.1, -0.05) is 203 Å². The van der Waals surface area contributed by atoms with E-state index in [-0.39, 0.29) is 19.1 Å². The lowest BCUT2D eigenvalue weighted by Gasteiger charge is -2.25. The van der Waals surface area contributed by atoms with Crippen LogP contribution < -0.4 is 5.32 Å². The van der Waals surface area contributed by atoms with Crippen LogP contribution in [-0.2, 0) is 18.4 Å². The molecule has 0 rings (SSSR count). The topological polar surface area (TPSA) is 105 Å². The van der Waals surface area contributed by atoms with Gasteiger partial charge < -0.3 is 19.8 Å². The number of allylic oxidation sites excluding steroid dienone is 9. The molecule has 0 radical (unpaired) electrons. The number of unbranched alkanes of at least 4 members (excludes halogenated alkanes) is 25. The number of hydrogen-bond donors (Lipinski definition) is 3. The summed E-state index contributed by atoms with van der Waals surface area (Å²) in [7, 11) is 1.54. The molecule has 0 spiro atoms. The third-order valence-corrected chi connectivity index (χ3v) is 12.2. The van der Waals surface area contributed by atoms with Crippen molar-refractivity contribution in [3.8, 4) is 0 Å². The molecule has 3 unspecified atom stereocenters. The van der Waals surface area contributed by atoms with Gasteiger partial charge in [0.05, 0.1) is 39.9 Å². The van der Waals surface area contributed by atoms with Gasteiger partial charge in [0.25, 0.3) is 0 Å². The van der Waals surface area contributed by atoms with Crippen LogP contribution >= 0.6 is 7.82 Å². The summed E-state index contributed by atoms with van der Waals surface area (Å²) in [5.41, 5.74) is 0. The number of nitrogens with zero attached hydrogens (tertiary/aromatic N) is 1. The lowest BCUT2D eigenvalue weighted by molar-refractivity contribution is -0.870. The highest BCUT2D eigenvalue weighted by atomic mass is 31.2. The van der Waals surface area contributed by atoms with Gasteiger partial charge in [0.2, 0.25) is 5.91 Å². The van der Waals surface area contributed by atoms with E-state index in [0.717, 1.165) is 57.8 Å². The fraction of sp³-hybridized carbons (Fsp3) is 0.792. The Morgan fingerprint density at radius 3 is 1.44 bits per heavy atom. The monoisotopic (exact) mass is 892 g/mol. The Bertz CT molecular complexity index is 1190. The molecule has 362 valence electrons. The smallest absolute Gasteiger partial charge is 0.387 e. The predicted octanol–water partition coefficient (Wildman–Crippen LogP) is 15.0. The summed E-state index contributed by atoms with van der Waals surface area (Å²) in [4.78, 5) is 23.1. The van der Waals surface area contributed by atoms with Crippen LogP contribution in [0.2, 0.25) is 0 Å². The number of phosphoric ester groups is 1. The van der Waals surface area contributed by atoms with Gasteiger partial charge in [-0.25, -0.2) is 4.57 Å². The van der Waals surface area contributed by atoms with Gasteiger partial charge in [-0.2, -0.15) is 0 Å². The number of nitrogens with one attached hydrogen (secondary N) is 1. The minimum Gasteiger partial charge on any atom is -0.387 e. The van der Waals surface area contributed by atoms with Gasteiger partial charge in [0, 0.05) is 6.42 Å². The molecule has 1 amide bonds. The number of aliphatic hydroxyl groups excluding tert-OH is 1. The SMILES string of the molecule is CCC/C=C/CC/C=C/CC/C=C/C(O)C(COP(=O)(O)OCC[N+](C)(C)C)NC(=O)CCCCCCCCCCCCCCCCCCC/C=C\C/C=C\CCCCCCC. The van der Waals surface area contributed by atoms with Crippen LogP contribution in [-0.4, -0.2) is 73.4 Å². The molecule has 0 aromatic heterocycles. The first-order valence-electron chi connectivity index (χ1n) is 25.7. The summed E-state index contributed by atoms with van der Waals surface area (Å²) < 4.78 is 23.5. The number of phosphoric acid groups is 1. The van der Waals surface area contributed by atoms with E-state index < -0.39 is 20.0 Å². The molecule has 9 heteroatoms. The molecule has 0 bridgehead atoms. The van der Waals surface area contributed by atoms with Crippen LogP contribution in [0.4, 0.5) is 0 Å². The average molecular weight is 892 g/mol. The van der Waals surface area contributed by atoms with Crippen molar-refractivity contribution in [3.63, 3.8) is 0 Å². The molecule has 0 heterocycles. The van der Waals surface area contributed by atoms with Crippen LogP contribution in [0.25, 0.3) is 0 Å². The van der Waals surface area contributed by atoms with Gasteiger partial charge >= 0.3 is 7.82 Å². The molecule has 0 aliphatic carbocycles. The zero-order chi connectivity index (χ0) is 45.7. The van der Waals surface area contributed by atoms with Crippen molar-refractivity contribution >= 4 is 13.7 Å². The van der Waals surface area contributed by atoms with E-state index in [9.17, 15) is 19.4 Å². The van der Waals surface area contributed by atoms with Gasteiger partial charge in [-0.3, -0.25) is 13.8 Å². The molecule has 3 N–H and O–H groups in total. The molecule has 62 heavy (non-hydrogen) atoms. The first-order valence-corrected chi connectivity index (χ1v) is 27.2. The number of quaternary nitrogens is 1. The summed E-state index contributed by atoms with van der Waals surface area (Å²) in [5.74, 6) is -0.193. The molecular formula is C53H100N2O6P+. The molecule has 8 nitrogen and oxygen atoms in total. The molecule has 0 aliphatic rings. The molecule has 0 saturated carbocycles. The lowest BCUT2D eigenvalue weighted by atomic mass is 10.0. The Balaban J connectivity index is 4.10. The highest BCUT2D eigenvalue weighted by molar-refractivity contribution is 7.47. The summed E-state index contributed by atoms with van der Waals surface area (Å²) in [6, 6.07) is -0.869. The maximum atomic E-state index is 12.9. The highest BCUT2D eigenvalue weighted by Crippen LogP contribution is 2.43. The van der Waals surface area contributed by atoms with Crippen molar-refractivity contribution in [3.05, 3.63) is 60.8 Å². The number of aliphatic hydroxyl groups is 1. The number of carbonyl (C=O) groups excluding carboxylic acids is 1. The fourth-order valence-corrected chi connectivity index (χ4v) is 7.85. The average Bonchev–Trinajstić information content (AvgIpc) is 3.23. The number of rotatable bonds is 46. The van der Waals surface area contributed by atoms with Crippen molar-refractivity contribution < 1.29 is 32.9 Å². The van der Waals surface area contributed by atoms with E-state index in [2.05, 4.69) is 67.8 Å². The summed E-state index contributed by atoms with van der Waals surface area (Å²) in [6.07, 6.45) is 59.0. The highest BCUT2D eigenvalue weighted by Gasteiger charge is 2.27. The number of hydrogen-bond acceptors (Lipinski definition) is 5. The summed E-state index contributed by atoms with van der Waals surface area (Å²) in [6.45, 7) is 4.70. The second-order valence-electron chi connectivity index (χ2n) is 18.5. The molecule has 0 aliphatic heterocycles. The standard InChI is InChI=1S/C53H99N2O6P/c1-6-8-10-12-14-16-18-19-20-21-22-23-24-25-26-27-28-29-30-31-32-33-34-35-37-39-41-43-45-47-53(57)54-51(50-61-62(58,59)60-49-48-55(3,4)5)52(56)46-44-42-40-38-36-17-15-13-11-9-7-2/h11,13,18-19,21-22,36,38,44,46,51-52,56H,6-10,12,14-17,20,23-35,37,39-43,45,47-50H2,1-5H3,(H-,54,57,58,59)/p+1/b13-11+,19-18-,22-21-,38-36+,46-44+. The maximum absolute atomic E-state index is 12.9. The van der Waals surface area contributed by atoms with Crippen LogP contribution in [0, 0.1) is 0 Å². The first kappa shape index (κ1) is 60.2. The number of amides is 1. The normalized spacial score (nSPS) is 14.6. The van der Waals surface area contributed by atoms with Crippen molar-refractivity contribution in [1.29, 1.82) is 0 Å². The predicted molar refractivity (Wildman–Crippen MR) is 267 cm³/mol. The van der Waals surface area contributed by atoms with Crippen LogP contribution in [0.5, 0.6) is 0 Å². The summed E-state index contributed by atoms with van der Waals surface area (Å²) in [5, 5.41) is 13.8. The minimum absolute atomic E-state index is 0.0523. The first-order chi connectivity index (χ1) is 30.0. The third kappa shape index (κ3) is 46.2. The van der Waals surface area contributed by atoms with E-state index >= 15 is 0 Å². The van der Waals surface area contributed by atoms with Crippen molar-refractivity contribution in [2.24, 2.45) is 0 Å². The zero-order valence-electron chi connectivity index (χ0n) is 41.1. The Kier molecular flexibility index (Phi) is 43.1. The van der Waals surface area contributed by atoms with Crippen LogP contribution in [0.3, 0.4) is 0 Å².